The predicted molar refractivity (Wildman–Crippen MR) is 81.8 cm³/mol. The summed E-state index contributed by atoms with van der Waals surface area (Å²) in [6.45, 7) is 6.06. The van der Waals surface area contributed by atoms with E-state index in [2.05, 4.69) is 5.32 Å². The van der Waals surface area contributed by atoms with Gasteiger partial charge in [-0.3, -0.25) is 9.69 Å². The second-order valence-electron chi connectivity index (χ2n) is 5.83. The Balaban J connectivity index is 2.47. The van der Waals surface area contributed by atoms with Crippen LogP contribution >= 0.6 is 11.6 Å². The molecule has 0 radical (unpaired) electrons. The third-order valence-electron chi connectivity index (χ3n) is 2.82. The number of halogens is 1. The molecule has 0 aliphatic rings. The molecule has 0 spiro atoms. The summed E-state index contributed by atoms with van der Waals surface area (Å²) in [7, 11) is 1.81. The molecule has 5 heteroatoms. The molecule has 112 valence electrons. The van der Waals surface area contributed by atoms with Gasteiger partial charge < -0.3 is 10.4 Å². The van der Waals surface area contributed by atoms with Crippen molar-refractivity contribution in [2.24, 2.45) is 0 Å². The van der Waals surface area contributed by atoms with Gasteiger partial charge in [-0.2, -0.15) is 0 Å². The first-order valence-electron chi connectivity index (χ1n) is 6.63. The Morgan fingerprint density at radius 2 is 1.95 bits per heavy atom. The molecule has 0 aliphatic heterocycles. The standard InChI is InChI=1S/C15H23ClN2O2/c1-11(12-5-7-13(16)8-6-12)17-14(19)9-18(4)10-15(2,3)20/h5-8,11,20H,9-10H2,1-4H3,(H,17,19). The molecule has 1 aromatic rings. The lowest BCUT2D eigenvalue weighted by Crippen LogP contribution is -2.42. The summed E-state index contributed by atoms with van der Waals surface area (Å²) in [5, 5.41) is 13.3. The van der Waals surface area contributed by atoms with E-state index in [9.17, 15) is 9.90 Å². The quantitative estimate of drug-likeness (QED) is 0.847. The number of carbonyl (C=O) groups excluding carboxylic acids is 1. The summed E-state index contributed by atoms with van der Waals surface area (Å²) in [5.41, 5.74) is 0.199. The Kier molecular flexibility index (Phi) is 5.99. The van der Waals surface area contributed by atoms with Gasteiger partial charge in [0.2, 0.25) is 5.91 Å². The Morgan fingerprint density at radius 3 is 2.45 bits per heavy atom. The van der Waals surface area contributed by atoms with Gasteiger partial charge in [-0.05, 0) is 45.5 Å². The highest BCUT2D eigenvalue weighted by atomic mass is 35.5. The third-order valence-corrected chi connectivity index (χ3v) is 3.07. The molecule has 0 aromatic heterocycles. The monoisotopic (exact) mass is 298 g/mol. The van der Waals surface area contributed by atoms with E-state index in [1.165, 1.54) is 0 Å². The Labute approximate surface area is 125 Å². The zero-order chi connectivity index (χ0) is 15.3. The van der Waals surface area contributed by atoms with Crippen LogP contribution in [0.3, 0.4) is 0 Å². The number of amides is 1. The molecule has 0 saturated heterocycles. The van der Waals surface area contributed by atoms with E-state index in [0.29, 0.717) is 11.6 Å². The minimum atomic E-state index is -0.809. The maximum Gasteiger partial charge on any atom is 0.234 e. The van der Waals surface area contributed by atoms with Gasteiger partial charge >= 0.3 is 0 Å². The molecule has 20 heavy (non-hydrogen) atoms. The summed E-state index contributed by atoms with van der Waals surface area (Å²) in [6, 6.07) is 7.33. The van der Waals surface area contributed by atoms with Crippen LogP contribution in [0.2, 0.25) is 5.02 Å². The summed E-state index contributed by atoms with van der Waals surface area (Å²) < 4.78 is 0. The molecule has 0 fully saturated rings. The maximum atomic E-state index is 11.9. The number of likely N-dealkylation sites (N-methyl/N-ethyl adjacent to an activating group) is 1. The summed E-state index contributed by atoms with van der Waals surface area (Å²) in [5.74, 6) is -0.0702. The number of benzene rings is 1. The lowest BCUT2D eigenvalue weighted by molar-refractivity contribution is -0.123. The van der Waals surface area contributed by atoms with Gasteiger partial charge in [-0.25, -0.2) is 0 Å². The number of hydrogen-bond donors (Lipinski definition) is 2. The van der Waals surface area contributed by atoms with Gasteiger partial charge in [0.1, 0.15) is 0 Å². The van der Waals surface area contributed by atoms with E-state index >= 15 is 0 Å². The van der Waals surface area contributed by atoms with Crippen LogP contribution in [0.15, 0.2) is 24.3 Å². The Morgan fingerprint density at radius 1 is 1.40 bits per heavy atom. The Bertz CT molecular complexity index is 440. The van der Waals surface area contributed by atoms with E-state index in [4.69, 9.17) is 11.6 Å². The van der Waals surface area contributed by atoms with Gasteiger partial charge in [-0.1, -0.05) is 23.7 Å². The zero-order valence-electron chi connectivity index (χ0n) is 12.5. The van der Waals surface area contributed by atoms with Crippen LogP contribution in [0.25, 0.3) is 0 Å². The molecule has 0 saturated carbocycles. The minimum Gasteiger partial charge on any atom is -0.389 e. The number of carbonyl (C=O) groups is 1. The highest BCUT2D eigenvalue weighted by Gasteiger charge is 2.18. The molecular weight excluding hydrogens is 276 g/mol. The third kappa shape index (κ3) is 6.37. The minimum absolute atomic E-state index is 0.0702. The molecule has 0 aliphatic carbocycles. The first kappa shape index (κ1) is 17.0. The predicted octanol–water partition coefficient (Wildman–Crippen LogP) is 2.22. The SMILES string of the molecule is CC(NC(=O)CN(C)CC(C)(C)O)c1ccc(Cl)cc1. The number of aliphatic hydroxyl groups is 1. The fourth-order valence-electron chi connectivity index (χ4n) is 2.08. The first-order chi connectivity index (χ1) is 9.17. The van der Waals surface area contributed by atoms with Crippen LogP contribution in [-0.4, -0.2) is 41.7 Å². The number of hydrogen-bond acceptors (Lipinski definition) is 3. The lowest BCUT2D eigenvalue weighted by atomic mass is 10.1. The number of rotatable bonds is 6. The van der Waals surface area contributed by atoms with Crippen molar-refractivity contribution in [3.05, 3.63) is 34.9 Å². The van der Waals surface area contributed by atoms with Crippen LogP contribution in [0, 0.1) is 0 Å². The number of nitrogens with one attached hydrogen (secondary N) is 1. The van der Waals surface area contributed by atoms with Gasteiger partial charge in [0.25, 0.3) is 0 Å². The van der Waals surface area contributed by atoms with E-state index in [-0.39, 0.29) is 18.5 Å². The normalized spacial score (nSPS) is 13.3. The molecular formula is C15H23ClN2O2. The first-order valence-corrected chi connectivity index (χ1v) is 7.01. The zero-order valence-corrected chi connectivity index (χ0v) is 13.2. The Hall–Kier alpha value is -1.10. The largest absolute Gasteiger partial charge is 0.389 e. The second-order valence-corrected chi connectivity index (χ2v) is 6.26. The summed E-state index contributed by atoms with van der Waals surface area (Å²) in [6.07, 6.45) is 0. The van der Waals surface area contributed by atoms with Crippen molar-refractivity contribution < 1.29 is 9.90 Å². The van der Waals surface area contributed by atoms with Crippen LogP contribution in [-0.2, 0) is 4.79 Å². The van der Waals surface area contributed by atoms with Crippen molar-refractivity contribution in [3.8, 4) is 0 Å². The molecule has 0 heterocycles. The van der Waals surface area contributed by atoms with Gasteiger partial charge in [0, 0.05) is 11.6 Å². The second kappa shape index (κ2) is 7.07. The average Bonchev–Trinajstić information content (AvgIpc) is 2.26. The van der Waals surface area contributed by atoms with Gasteiger partial charge in [-0.15, -0.1) is 0 Å². The van der Waals surface area contributed by atoms with Crippen LogP contribution in [0.4, 0.5) is 0 Å². The van der Waals surface area contributed by atoms with E-state index in [0.717, 1.165) is 5.56 Å². The van der Waals surface area contributed by atoms with Crippen molar-refractivity contribution >= 4 is 17.5 Å². The maximum absolute atomic E-state index is 11.9. The molecule has 1 rings (SSSR count). The highest BCUT2D eigenvalue weighted by Crippen LogP contribution is 2.15. The molecule has 0 bridgehead atoms. The number of nitrogens with zero attached hydrogens (tertiary/aromatic N) is 1. The van der Waals surface area contributed by atoms with E-state index < -0.39 is 5.60 Å². The van der Waals surface area contributed by atoms with E-state index in [1.807, 2.05) is 26.1 Å². The van der Waals surface area contributed by atoms with Crippen molar-refractivity contribution in [2.45, 2.75) is 32.4 Å². The van der Waals surface area contributed by atoms with Crippen molar-refractivity contribution in [1.82, 2.24) is 10.2 Å². The summed E-state index contributed by atoms with van der Waals surface area (Å²) >= 11 is 5.83. The molecule has 2 N–H and O–H groups in total. The molecule has 1 atom stereocenters. The molecule has 1 aromatic carbocycles. The van der Waals surface area contributed by atoms with Crippen molar-refractivity contribution in [1.29, 1.82) is 0 Å². The average molecular weight is 299 g/mol. The van der Waals surface area contributed by atoms with Gasteiger partial charge in [0.15, 0.2) is 0 Å². The topological polar surface area (TPSA) is 52.6 Å². The van der Waals surface area contributed by atoms with Crippen LogP contribution < -0.4 is 5.32 Å². The van der Waals surface area contributed by atoms with Gasteiger partial charge in [0.05, 0.1) is 18.2 Å². The van der Waals surface area contributed by atoms with Crippen LogP contribution in [0.1, 0.15) is 32.4 Å². The molecule has 1 unspecified atom stereocenters. The van der Waals surface area contributed by atoms with Crippen molar-refractivity contribution in [3.63, 3.8) is 0 Å². The van der Waals surface area contributed by atoms with E-state index in [1.54, 1.807) is 30.9 Å². The highest BCUT2D eigenvalue weighted by molar-refractivity contribution is 6.30. The van der Waals surface area contributed by atoms with Crippen molar-refractivity contribution in [2.75, 3.05) is 20.1 Å². The molecule has 1 amide bonds. The smallest absolute Gasteiger partial charge is 0.234 e. The fourth-order valence-corrected chi connectivity index (χ4v) is 2.21. The van der Waals surface area contributed by atoms with Crippen LogP contribution in [0.5, 0.6) is 0 Å². The molecule has 4 nitrogen and oxygen atoms in total. The summed E-state index contributed by atoms with van der Waals surface area (Å²) in [4.78, 5) is 13.7. The fraction of sp³-hybridized carbons (Fsp3) is 0.533. The lowest BCUT2D eigenvalue weighted by Gasteiger charge is -2.25.